The molecular formula is C18H13ClN6. The van der Waals surface area contributed by atoms with Crippen molar-refractivity contribution >= 4 is 45.6 Å². The molecule has 122 valence electrons. The van der Waals surface area contributed by atoms with E-state index in [0.29, 0.717) is 16.8 Å². The minimum absolute atomic E-state index is 0.380. The molecule has 0 aliphatic rings. The number of nitrogens with one attached hydrogen (secondary N) is 2. The first kappa shape index (κ1) is 15.3. The molecule has 0 spiro atoms. The van der Waals surface area contributed by atoms with E-state index in [9.17, 15) is 0 Å². The number of anilines is 4. The van der Waals surface area contributed by atoms with Crippen molar-refractivity contribution in [2.75, 3.05) is 10.6 Å². The number of hydrogen-bond donors (Lipinski definition) is 2. The fourth-order valence-electron chi connectivity index (χ4n) is 2.46. The molecule has 0 aliphatic heterocycles. The first-order valence-corrected chi connectivity index (χ1v) is 7.99. The van der Waals surface area contributed by atoms with Crippen LogP contribution in [-0.4, -0.2) is 20.2 Å². The van der Waals surface area contributed by atoms with Crippen molar-refractivity contribution in [2.24, 2.45) is 0 Å². The van der Waals surface area contributed by atoms with Gasteiger partial charge in [-0.05, 0) is 30.3 Å². The summed E-state index contributed by atoms with van der Waals surface area (Å²) in [5.41, 5.74) is 2.49. The van der Waals surface area contributed by atoms with Gasteiger partial charge in [-0.2, -0.15) is 10.1 Å². The zero-order valence-electron chi connectivity index (χ0n) is 13.0. The van der Waals surface area contributed by atoms with E-state index < -0.39 is 0 Å². The Morgan fingerprint density at radius 2 is 1.80 bits per heavy atom. The molecule has 0 aliphatic carbocycles. The summed E-state index contributed by atoms with van der Waals surface area (Å²) in [7, 11) is 0. The van der Waals surface area contributed by atoms with Crippen molar-refractivity contribution in [3.05, 3.63) is 72.0 Å². The van der Waals surface area contributed by atoms with Gasteiger partial charge >= 0.3 is 0 Å². The Bertz CT molecular complexity index is 1030. The lowest BCUT2D eigenvalue weighted by Crippen LogP contribution is -2.03. The summed E-state index contributed by atoms with van der Waals surface area (Å²) in [5.74, 6) is 0.943. The van der Waals surface area contributed by atoms with Crippen LogP contribution in [-0.2, 0) is 0 Å². The normalized spacial score (nSPS) is 10.6. The third-order valence-corrected chi connectivity index (χ3v) is 3.77. The lowest BCUT2D eigenvalue weighted by atomic mass is 10.2. The second-order valence-electron chi connectivity index (χ2n) is 5.31. The number of para-hydroxylation sites is 1. The summed E-state index contributed by atoms with van der Waals surface area (Å²) < 4.78 is 0. The van der Waals surface area contributed by atoms with E-state index in [0.717, 1.165) is 22.3 Å². The van der Waals surface area contributed by atoms with Gasteiger partial charge in [0.05, 0.1) is 17.4 Å². The molecule has 4 rings (SSSR count). The van der Waals surface area contributed by atoms with Crippen LogP contribution in [0.25, 0.3) is 10.9 Å². The molecule has 0 atom stereocenters. The quantitative estimate of drug-likeness (QED) is 0.563. The predicted molar refractivity (Wildman–Crippen MR) is 99.6 cm³/mol. The second-order valence-corrected chi connectivity index (χ2v) is 5.74. The third kappa shape index (κ3) is 3.49. The molecular weight excluding hydrogens is 336 g/mol. The topological polar surface area (TPSA) is 75.6 Å². The van der Waals surface area contributed by atoms with E-state index in [1.807, 2.05) is 54.6 Å². The van der Waals surface area contributed by atoms with Gasteiger partial charge in [0.15, 0.2) is 5.82 Å². The van der Waals surface area contributed by atoms with Gasteiger partial charge in [-0.15, -0.1) is 5.10 Å². The Kier molecular flexibility index (Phi) is 4.10. The van der Waals surface area contributed by atoms with Crippen LogP contribution in [0.2, 0.25) is 5.02 Å². The van der Waals surface area contributed by atoms with Gasteiger partial charge in [-0.1, -0.05) is 35.9 Å². The molecule has 4 aromatic rings. The van der Waals surface area contributed by atoms with E-state index in [1.54, 1.807) is 12.4 Å². The summed E-state index contributed by atoms with van der Waals surface area (Å²) >= 11 is 6.00. The van der Waals surface area contributed by atoms with Crippen LogP contribution in [0.1, 0.15) is 0 Å². The van der Waals surface area contributed by atoms with Crippen LogP contribution in [0.15, 0.2) is 67.0 Å². The molecule has 0 fully saturated rings. The van der Waals surface area contributed by atoms with Gasteiger partial charge in [0.2, 0.25) is 5.95 Å². The number of fused-ring (bicyclic) bond motifs is 1. The van der Waals surface area contributed by atoms with Crippen LogP contribution >= 0.6 is 11.6 Å². The maximum atomic E-state index is 6.00. The largest absolute Gasteiger partial charge is 0.339 e. The van der Waals surface area contributed by atoms with Crippen molar-refractivity contribution in [1.82, 2.24) is 20.2 Å². The van der Waals surface area contributed by atoms with Crippen molar-refractivity contribution in [2.45, 2.75) is 0 Å². The average Bonchev–Trinajstić information content (AvgIpc) is 2.62. The zero-order valence-corrected chi connectivity index (χ0v) is 13.8. The molecule has 2 aromatic carbocycles. The van der Waals surface area contributed by atoms with E-state index in [4.69, 9.17) is 11.6 Å². The van der Waals surface area contributed by atoms with Gasteiger partial charge in [0, 0.05) is 22.3 Å². The maximum absolute atomic E-state index is 6.00. The smallest absolute Gasteiger partial charge is 0.249 e. The van der Waals surface area contributed by atoms with Gasteiger partial charge in [-0.25, -0.2) is 0 Å². The first-order chi connectivity index (χ1) is 12.3. The molecule has 0 bridgehead atoms. The molecule has 6 nitrogen and oxygen atoms in total. The molecule has 0 amide bonds. The molecule has 7 heteroatoms. The average molecular weight is 349 g/mol. The number of aromatic nitrogens is 4. The molecule has 0 unspecified atom stereocenters. The monoisotopic (exact) mass is 348 g/mol. The number of pyridine rings is 1. The SMILES string of the molecule is Clc1cccc(Nc2cnnc(Nc3cccc4cccnc34)n2)c1. The van der Waals surface area contributed by atoms with Crippen LogP contribution in [0.5, 0.6) is 0 Å². The third-order valence-electron chi connectivity index (χ3n) is 3.54. The maximum Gasteiger partial charge on any atom is 0.249 e. The van der Waals surface area contributed by atoms with Gasteiger partial charge in [0.25, 0.3) is 0 Å². The van der Waals surface area contributed by atoms with Gasteiger partial charge in [0.1, 0.15) is 0 Å². The number of rotatable bonds is 4. The highest BCUT2D eigenvalue weighted by Crippen LogP contribution is 2.24. The lowest BCUT2D eigenvalue weighted by Gasteiger charge is -2.09. The lowest BCUT2D eigenvalue weighted by molar-refractivity contribution is 0.983. The van der Waals surface area contributed by atoms with Crippen LogP contribution in [0.3, 0.4) is 0 Å². The highest BCUT2D eigenvalue weighted by atomic mass is 35.5. The van der Waals surface area contributed by atoms with E-state index >= 15 is 0 Å². The Morgan fingerprint density at radius 3 is 2.72 bits per heavy atom. The van der Waals surface area contributed by atoms with E-state index in [2.05, 4.69) is 30.8 Å². The summed E-state index contributed by atoms with van der Waals surface area (Å²) in [6.07, 6.45) is 3.30. The van der Waals surface area contributed by atoms with E-state index in [-0.39, 0.29) is 0 Å². The fraction of sp³-hybridized carbons (Fsp3) is 0. The van der Waals surface area contributed by atoms with Crippen molar-refractivity contribution < 1.29 is 0 Å². The highest BCUT2D eigenvalue weighted by molar-refractivity contribution is 6.30. The minimum atomic E-state index is 0.380. The van der Waals surface area contributed by atoms with Crippen molar-refractivity contribution in [3.8, 4) is 0 Å². The molecule has 2 N–H and O–H groups in total. The number of nitrogens with zero attached hydrogens (tertiary/aromatic N) is 4. The number of benzene rings is 2. The predicted octanol–water partition coefficient (Wildman–Crippen LogP) is 4.56. The summed E-state index contributed by atoms with van der Waals surface area (Å²) in [5, 5.41) is 16.0. The Balaban J connectivity index is 1.61. The molecule has 2 heterocycles. The second kappa shape index (κ2) is 6.70. The minimum Gasteiger partial charge on any atom is -0.339 e. The fourth-order valence-corrected chi connectivity index (χ4v) is 2.65. The summed E-state index contributed by atoms with van der Waals surface area (Å²) in [4.78, 5) is 8.84. The van der Waals surface area contributed by atoms with E-state index in [1.165, 1.54) is 0 Å². The van der Waals surface area contributed by atoms with Crippen molar-refractivity contribution in [3.63, 3.8) is 0 Å². The number of halogens is 1. The summed E-state index contributed by atoms with van der Waals surface area (Å²) in [6, 6.07) is 17.2. The van der Waals surface area contributed by atoms with Crippen molar-refractivity contribution in [1.29, 1.82) is 0 Å². The molecule has 2 aromatic heterocycles. The Morgan fingerprint density at radius 1 is 0.920 bits per heavy atom. The standard InChI is InChI=1S/C18H13ClN6/c19-13-6-2-7-14(10-13)22-16-11-21-25-18(24-16)23-15-8-1-4-12-5-3-9-20-17(12)15/h1-11H,(H2,22,23,24,25). The molecule has 25 heavy (non-hydrogen) atoms. The Labute approximate surface area is 148 Å². The first-order valence-electron chi connectivity index (χ1n) is 7.61. The van der Waals surface area contributed by atoms with Crippen LogP contribution in [0, 0.1) is 0 Å². The molecule has 0 saturated carbocycles. The zero-order chi connectivity index (χ0) is 17.1. The number of hydrogen-bond acceptors (Lipinski definition) is 6. The van der Waals surface area contributed by atoms with Gasteiger partial charge in [-0.3, -0.25) is 4.98 Å². The molecule has 0 saturated heterocycles. The van der Waals surface area contributed by atoms with Gasteiger partial charge < -0.3 is 10.6 Å². The molecule has 0 radical (unpaired) electrons. The highest BCUT2D eigenvalue weighted by Gasteiger charge is 2.06. The van der Waals surface area contributed by atoms with Crippen LogP contribution in [0.4, 0.5) is 23.1 Å². The summed E-state index contributed by atoms with van der Waals surface area (Å²) in [6.45, 7) is 0. The Hall–Kier alpha value is -3.25. The van der Waals surface area contributed by atoms with Crippen LogP contribution < -0.4 is 10.6 Å².